The Morgan fingerprint density at radius 1 is 0.400 bits per heavy atom. The molecule has 3 heterocycles. The van der Waals surface area contributed by atoms with Gasteiger partial charge in [-0.1, -0.05) is 104 Å². The molecule has 90 heavy (non-hydrogen) atoms. The maximum atomic E-state index is 14.1. The average molecular weight is 1300 g/mol. The first-order valence-corrected chi connectivity index (χ1v) is 31.6. The van der Waals surface area contributed by atoms with Crippen molar-refractivity contribution in [3.63, 3.8) is 0 Å². The maximum Gasteiger partial charge on any atom is 0.435 e. The minimum atomic E-state index is -5.07. The normalized spacial score (nSPS) is 24.5. The standard InChI is InChI=1S/C66H100F12N8O4/c1-41(2)25-53-37-87-45(9)33-81(13)56(28-44(7)8)40-90-58(30-50-19-23-52(24-20-50)48(12)86-62(66(76,77)78)32-60(80-86)64(70,71)72)36-84(16)54(26-42(3)4)38-88-46(10)34-82(14)55(27-43(5)6)39-89-57(35-83(53)15)29-49-17-21-51(22-18-49)47(11)85-61(65(73,74)75)31-59(79-85)63(67,68)69/h17-24,31-32,41-48,53-58H,25-30,33-40H2,1-16H3/t45-,46-,47-,48+,53+,54+,55+,56+,57-,58-/m1/s1. The smallest absolute Gasteiger partial charge is 0.376 e. The Morgan fingerprint density at radius 2 is 0.667 bits per heavy atom. The Balaban J connectivity index is 1.45. The SMILES string of the molecule is CC(C)C[C@H]1CO[C@H](C)CN(C)[C@@H](CC(C)C)CO[C@H](Cc2ccc([C@@H](C)n3nc(C(F)(F)F)cc3C(F)(F)F)cc2)CN(C)[C@@H](CC(C)C)CO[C@H](C)CN(C)[C@@H](CC(C)C)CO[C@H](Cc2ccc([C@H](C)n3nc(C(F)(F)F)cc3C(F)(F)F)cc2)CN1C. The molecule has 0 aliphatic carbocycles. The second-order valence-electron chi connectivity index (χ2n) is 27.0. The Kier molecular flexibility index (Phi) is 28.2. The molecule has 2 aromatic carbocycles. The fraction of sp³-hybridized carbons (Fsp3) is 0.727. The molecular formula is C66H100F12N8O4. The summed E-state index contributed by atoms with van der Waals surface area (Å²) in [5, 5.41) is 6.74. The molecule has 10 atom stereocenters. The van der Waals surface area contributed by atoms with Gasteiger partial charge in [-0.05, 0) is 140 Å². The van der Waals surface area contributed by atoms with E-state index in [0.717, 1.165) is 36.8 Å². The van der Waals surface area contributed by atoms with Gasteiger partial charge in [0.15, 0.2) is 11.4 Å². The number of alkyl halides is 12. The zero-order valence-electron chi connectivity index (χ0n) is 55.5. The third-order valence-corrected chi connectivity index (χ3v) is 17.0. The summed E-state index contributed by atoms with van der Waals surface area (Å²) in [6.45, 7) is 27.9. The van der Waals surface area contributed by atoms with Crippen LogP contribution in [0.4, 0.5) is 52.7 Å². The lowest BCUT2D eigenvalue weighted by molar-refractivity contribution is -0.146. The molecule has 0 unspecified atom stereocenters. The highest BCUT2D eigenvalue weighted by Gasteiger charge is 2.45. The van der Waals surface area contributed by atoms with Crippen molar-refractivity contribution in [1.29, 1.82) is 0 Å². The number of likely N-dealkylation sites (N-methyl/N-ethyl adjacent to an activating group) is 4. The summed E-state index contributed by atoms with van der Waals surface area (Å²) in [4.78, 5) is 9.09. The number of hydrogen-bond donors (Lipinski definition) is 0. The fourth-order valence-electron chi connectivity index (χ4n) is 12.0. The molecule has 1 aliphatic rings. The van der Waals surface area contributed by atoms with Crippen molar-refractivity contribution in [2.24, 2.45) is 23.7 Å². The maximum absolute atomic E-state index is 14.1. The molecule has 0 bridgehead atoms. The number of ether oxygens (including phenoxy) is 4. The van der Waals surface area contributed by atoms with Gasteiger partial charge in [-0.2, -0.15) is 62.9 Å². The molecule has 24 heteroatoms. The van der Waals surface area contributed by atoms with Gasteiger partial charge < -0.3 is 18.9 Å². The van der Waals surface area contributed by atoms with Gasteiger partial charge in [-0.3, -0.25) is 29.0 Å². The van der Waals surface area contributed by atoms with E-state index in [1.54, 1.807) is 48.5 Å². The van der Waals surface area contributed by atoms with E-state index in [-0.39, 0.29) is 60.7 Å². The number of benzene rings is 2. The third-order valence-electron chi connectivity index (χ3n) is 17.0. The summed E-state index contributed by atoms with van der Waals surface area (Å²) >= 11 is 0. The van der Waals surface area contributed by atoms with Gasteiger partial charge >= 0.3 is 24.7 Å². The van der Waals surface area contributed by atoms with Crippen LogP contribution < -0.4 is 0 Å². The first kappa shape index (κ1) is 76.4. The van der Waals surface area contributed by atoms with Crippen LogP contribution in [0.15, 0.2) is 60.7 Å². The summed E-state index contributed by atoms with van der Waals surface area (Å²) in [5.41, 5.74) is -3.86. The summed E-state index contributed by atoms with van der Waals surface area (Å²) in [7, 11) is 8.25. The minimum absolute atomic E-state index is 0.0299. The lowest BCUT2D eigenvalue weighted by atomic mass is 10.00. The van der Waals surface area contributed by atoms with Crippen LogP contribution in [0.1, 0.15) is 166 Å². The zero-order valence-corrected chi connectivity index (χ0v) is 55.5. The van der Waals surface area contributed by atoms with Crippen LogP contribution >= 0.6 is 0 Å². The van der Waals surface area contributed by atoms with Crippen LogP contribution in [-0.4, -0.2) is 169 Å². The predicted octanol–water partition coefficient (Wildman–Crippen LogP) is 15.1. The highest BCUT2D eigenvalue weighted by Crippen LogP contribution is 2.40. The van der Waals surface area contributed by atoms with Gasteiger partial charge in [0.1, 0.15) is 11.4 Å². The number of hydrogen-bond acceptors (Lipinski definition) is 10. The van der Waals surface area contributed by atoms with Gasteiger partial charge in [0.25, 0.3) is 0 Å². The topological polar surface area (TPSA) is 85.5 Å². The molecule has 0 N–H and O–H groups in total. The van der Waals surface area contributed by atoms with E-state index in [1.165, 1.54) is 13.8 Å². The first-order valence-electron chi connectivity index (χ1n) is 31.6. The highest BCUT2D eigenvalue weighted by molar-refractivity contribution is 5.29. The predicted molar refractivity (Wildman–Crippen MR) is 326 cm³/mol. The number of rotatable bonds is 16. The van der Waals surface area contributed by atoms with Gasteiger partial charge in [0.05, 0.1) is 62.9 Å². The number of nitrogens with zero attached hydrogens (tertiary/aromatic N) is 8. The van der Waals surface area contributed by atoms with Gasteiger partial charge in [-0.15, -0.1) is 0 Å². The van der Waals surface area contributed by atoms with Crippen molar-refractivity contribution < 1.29 is 71.6 Å². The molecular weight excluding hydrogens is 1200 g/mol. The Bertz CT molecular complexity index is 2530. The Hall–Kier alpha value is -4.30. The quantitative estimate of drug-likeness (QED) is 0.101. The fourth-order valence-corrected chi connectivity index (χ4v) is 12.0. The summed E-state index contributed by atoms with van der Waals surface area (Å²) in [5.74, 6) is 1.22. The summed E-state index contributed by atoms with van der Waals surface area (Å²) in [6.07, 6.45) is -17.3. The van der Waals surface area contributed by atoms with E-state index in [9.17, 15) is 52.7 Å². The van der Waals surface area contributed by atoms with Crippen LogP contribution in [0.2, 0.25) is 0 Å². The van der Waals surface area contributed by atoms with Crippen LogP contribution in [0.25, 0.3) is 0 Å². The van der Waals surface area contributed by atoms with Crippen molar-refractivity contribution in [3.05, 3.63) is 106 Å². The molecule has 1 fully saturated rings. The lowest BCUT2D eigenvalue weighted by Gasteiger charge is -2.37. The Labute approximate surface area is 526 Å². The summed E-state index contributed by atoms with van der Waals surface area (Å²) < 4.78 is 195. The van der Waals surface area contributed by atoms with E-state index in [0.29, 0.717) is 110 Å². The molecule has 0 amide bonds. The van der Waals surface area contributed by atoms with E-state index >= 15 is 0 Å². The number of halogens is 12. The van der Waals surface area contributed by atoms with Crippen LogP contribution in [0, 0.1) is 23.7 Å². The molecule has 0 saturated carbocycles. The first-order chi connectivity index (χ1) is 41.7. The van der Waals surface area contributed by atoms with Crippen LogP contribution in [0.5, 0.6) is 0 Å². The van der Waals surface area contributed by atoms with Crippen LogP contribution in [-0.2, 0) is 56.5 Å². The largest absolute Gasteiger partial charge is 0.435 e. The second kappa shape index (κ2) is 33.2. The van der Waals surface area contributed by atoms with Crippen molar-refractivity contribution in [3.8, 4) is 0 Å². The highest BCUT2D eigenvalue weighted by atomic mass is 19.4. The monoisotopic (exact) mass is 1300 g/mol. The second-order valence-corrected chi connectivity index (χ2v) is 27.0. The zero-order chi connectivity index (χ0) is 67.4. The molecule has 2 aromatic heterocycles. The van der Waals surface area contributed by atoms with Crippen molar-refractivity contribution in [2.45, 2.75) is 207 Å². The van der Waals surface area contributed by atoms with Crippen molar-refractivity contribution in [2.75, 3.05) is 80.8 Å². The molecule has 0 radical (unpaired) electrons. The molecule has 4 aromatic rings. The molecule has 0 spiro atoms. The van der Waals surface area contributed by atoms with Crippen LogP contribution in [0.3, 0.4) is 0 Å². The molecule has 1 saturated heterocycles. The van der Waals surface area contributed by atoms with Crippen molar-refractivity contribution in [1.82, 2.24) is 39.2 Å². The van der Waals surface area contributed by atoms with Crippen molar-refractivity contribution >= 4 is 0 Å². The molecule has 5 rings (SSSR count). The lowest BCUT2D eigenvalue weighted by Crippen LogP contribution is -2.47. The summed E-state index contributed by atoms with van der Waals surface area (Å²) in [6, 6.07) is 11.3. The number of aromatic nitrogens is 4. The van der Waals surface area contributed by atoms with Gasteiger partial charge in [-0.25, -0.2) is 0 Å². The third kappa shape index (κ3) is 23.6. The van der Waals surface area contributed by atoms with E-state index < -0.39 is 59.6 Å². The van der Waals surface area contributed by atoms with E-state index in [1.807, 2.05) is 0 Å². The van der Waals surface area contributed by atoms with Gasteiger partial charge in [0, 0.05) is 62.5 Å². The van der Waals surface area contributed by atoms with E-state index in [4.69, 9.17) is 18.9 Å². The average Bonchev–Trinajstić information content (AvgIpc) is 1.66. The van der Waals surface area contributed by atoms with Gasteiger partial charge in [0.2, 0.25) is 0 Å². The Morgan fingerprint density at radius 3 is 0.922 bits per heavy atom. The molecule has 12 nitrogen and oxygen atoms in total. The molecule has 512 valence electrons. The molecule has 1 aliphatic heterocycles. The minimum Gasteiger partial charge on any atom is -0.376 e. The van der Waals surface area contributed by atoms with E-state index in [2.05, 4.69) is 127 Å².